The standard InChI is InChI=1S/C21H23N3O4/c1-13-14(2)23-10-16(24-11-17(25)9-20(24)26)8-19(21(23)22-13)28-12-15-4-6-18(27-3)7-5-15/h4-8,10,17,25H,9,11-12H2,1-3H3/t17-/m0/s1. The van der Waals surface area contributed by atoms with E-state index in [0.717, 1.165) is 22.7 Å². The number of rotatable bonds is 5. The van der Waals surface area contributed by atoms with Crippen LogP contribution in [0.2, 0.25) is 0 Å². The third-order valence-electron chi connectivity index (χ3n) is 5.12. The van der Waals surface area contributed by atoms with E-state index in [2.05, 4.69) is 4.98 Å². The van der Waals surface area contributed by atoms with Crippen LogP contribution in [0.4, 0.5) is 5.69 Å². The Balaban J connectivity index is 1.69. The van der Waals surface area contributed by atoms with Crippen molar-refractivity contribution in [2.24, 2.45) is 0 Å². The Hall–Kier alpha value is -3.06. The zero-order chi connectivity index (χ0) is 19.8. The Labute approximate surface area is 163 Å². The molecule has 1 amide bonds. The number of methoxy groups -OCH3 is 1. The minimum atomic E-state index is -0.641. The van der Waals surface area contributed by atoms with E-state index >= 15 is 0 Å². The number of ether oxygens (including phenoxy) is 2. The molecule has 4 rings (SSSR count). The second kappa shape index (κ2) is 7.16. The zero-order valence-corrected chi connectivity index (χ0v) is 16.2. The molecule has 7 nitrogen and oxygen atoms in total. The molecule has 0 bridgehead atoms. The Bertz CT molecular complexity index is 1030. The van der Waals surface area contributed by atoms with Crippen LogP contribution in [0.25, 0.3) is 5.65 Å². The van der Waals surface area contributed by atoms with Gasteiger partial charge in [-0.1, -0.05) is 12.1 Å². The number of pyridine rings is 1. The Morgan fingerprint density at radius 1 is 1.25 bits per heavy atom. The van der Waals surface area contributed by atoms with Gasteiger partial charge in [0.25, 0.3) is 0 Å². The van der Waals surface area contributed by atoms with Crippen molar-refractivity contribution in [2.45, 2.75) is 33.0 Å². The Morgan fingerprint density at radius 2 is 2.00 bits per heavy atom. The number of imidazole rings is 1. The Morgan fingerprint density at radius 3 is 2.64 bits per heavy atom. The van der Waals surface area contributed by atoms with E-state index in [4.69, 9.17) is 9.47 Å². The van der Waals surface area contributed by atoms with Crippen LogP contribution in [0, 0.1) is 13.8 Å². The SMILES string of the molecule is COc1ccc(COc2cc(N3C[C@@H](O)CC3=O)cn3c(C)c(C)nc23)cc1. The number of benzene rings is 1. The minimum Gasteiger partial charge on any atom is -0.497 e. The van der Waals surface area contributed by atoms with E-state index in [1.165, 1.54) is 0 Å². The highest BCUT2D eigenvalue weighted by molar-refractivity contribution is 5.96. The smallest absolute Gasteiger partial charge is 0.229 e. The molecular formula is C21H23N3O4. The number of carbonyl (C=O) groups is 1. The number of nitrogens with zero attached hydrogens (tertiary/aromatic N) is 3. The number of aliphatic hydroxyl groups excluding tert-OH is 1. The van der Waals surface area contributed by atoms with E-state index in [9.17, 15) is 9.90 Å². The van der Waals surface area contributed by atoms with Crippen molar-refractivity contribution in [2.75, 3.05) is 18.6 Å². The molecule has 0 radical (unpaired) electrons. The van der Waals surface area contributed by atoms with Crippen LogP contribution in [-0.4, -0.2) is 40.2 Å². The van der Waals surface area contributed by atoms with Gasteiger partial charge in [-0.15, -0.1) is 0 Å². The molecule has 1 aliphatic heterocycles. The lowest BCUT2D eigenvalue weighted by Crippen LogP contribution is -2.25. The van der Waals surface area contributed by atoms with E-state index in [1.807, 2.05) is 54.8 Å². The second-order valence-corrected chi connectivity index (χ2v) is 7.04. The van der Waals surface area contributed by atoms with Crippen LogP contribution in [-0.2, 0) is 11.4 Å². The van der Waals surface area contributed by atoms with Crippen molar-refractivity contribution in [3.8, 4) is 11.5 Å². The van der Waals surface area contributed by atoms with E-state index in [0.29, 0.717) is 23.7 Å². The summed E-state index contributed by atoms with van der Waals surface area (Å²) in [5.41, 5.74) is 4.29. The first-order chi connectivity index (χ1) is 13.5. The van der Waals surface area contributed by atoms with Gasteiger partial charge in [-0.3, -0.25) is 9.20 Å². The van der Waals surface area contributed by atoms with Crippen LogP contribution in [0.5, 0.6) is 11.5 Å². The molecule has 0 spiro atoms. The van der Waals surface area contributed by atoms with Crippen molar-refractivity contribution in [1.82, 2.24) is 9.38 Å². The van der Waals surface area contributed by atoms with Crippen LogP contribution < -0.4 is 14.4 Å². The van der Waals surface area contributed by atoms with E-state index in [1.54, 1.807) is 12.0 Å². The van der Waals surface area contributed by atoms with Crippen molar-refractivity contribution in [3.63, 3.8) is 0 Å². The number of aliphatic hydroxyl groups is 1. The summed E-state index contributed by atoms with van der Waals surface area (Å²) in [4.78, 5) is 18.5. The number of hydrogen-bond donors (Lipinski definition) is 1. The maximum absolute atomic E-state index is 12.3. The van der Waals surface area contributed by atoms with Gasteiger partial charge >= 0.3 is 0 Å². The molecule has 0 saturated carbocycles. The number of β-amino-alcohol motifs (C(OH)–C–C–N with tert-alkyl or cyclic N) is 1. The third kappa shape index (κ3) is 3.29. The van der Waals surface area contributed by atoms with E-state index < -0.39 is 6.10 Å². The first-order valence-electron chi connectivity index (χ1n) is 9.19. The highest BCUT2D eigenvalue weighted by Crippen LogP contribution is 2.31. The van der Waals surface area contributed by atoms with Gasteiger partial charge in [-0.05, 0) is 31.5 Å². The number of hydrogen-bond acceptors (Lipinski definition) is 5. The van der Waals surface area contributed by atoms with Crippen LogP contribution >= 0.6 is 0 Å². The molecule has 3 heterocycles. The molecule has 1 saturated heterocycles. The van der Waals surface area contributed by atoms with Crippen molar-refractivity contribution >= 4 is 17.2 Å². The van der Waals surface area contributed by atoms with Gasteiger partial charge in [-0.25, -0.2) is 4.98 Å². The van der Waals surface area contributed by atoms with Gasteiger partial charge in [0, 0.05) is 18.0 Å². The molecule has 3 aromatic rings. The molecule has 7 heteroatoms. The molecule has 146 valence electrons. The lowest BCUT2D eigenvalue weighted by molar-refractivity contribution is -0.117. The third-order valence-corrected chi connectivity index (χ3v) is 5.12. The maximum Gasteiger partial charge on any atom is 0.229 e. The lowest BCUT2D eigenvalue weighted by Gasteiger charge is -2.18. The second-order valence-electron chi connectivity index (χ2n) is 7.04. The summed E-state index contributed by atoms with van der Waals surface area (Å²) in [6, 6.07) is 9.49. The van der Waals surface area contributed by atoms with E-state index in [-0.39, 0.29) is 18.9 Å². The van der Waals surface area contributed by atoms with Gasteiger partial charge in [-0.2, -0.15) is 0 Å². The summed E-state index contributed by atoms with van der Waals surface area (Å²) >= 11 is 0. The predicted molar refractivity (Wildman–Crippen MR) is 105 cm³/mol. The number of amides is 1. The first kappa shape index (κ1) is 18.3. The fourth-order valence-electron chi connectivity index (χ4n) is 3.40. The first-order valence-corrected chi connectivity index (χ1v) is 9.19. The monoisotopic (exact) mass is 381 g/mol. The molecule has 28 heavy (non-hydrogen) atoms. The molecule has 0 unspecified atom stereocenters. The zero-order valence-electron chi connectivity index (χ0n) is 16.2. The lowest BCUT2D eigenvalue weighted by atomic mass is 10.2. The fourth-order valence-corrected chi connectivity index (χ4v) is 3.40. The average molecular weight is 381 g/mol. The molecule has 2 aromatic heterocycles. The molecule has 1 N–H and O–H groups in total. The number of carbonyl (C=O) groups excluding carboxylic acids is 1. The number of aromatic nitrogens is 2. The summed E-state index contributed by atoms with van der Waals surface area (Å²) in [5, 5.41) is 9.84. The summed E-state index contributed by atoms with van der Waals surface area (Å²) in [5.74, 6) is 1.29. The van der Waals surface area contributed by atoms with Gasteiger partial charge in [0.05, 0.1) is 37.6 Å². The highest BCUT2D eigenvalue weighted by Gasteiger charge is 2.30. The van der Waals surface area contributed by atoms with Crippen LogP contribution in [0.15, 0.2) is 36.5 Å². The largest absolute Gasteiger partial charge is 0.497 e. The van der Waals surface area contributed by atoms with Gasteiger partial charge < -0.3 is 19.5 Å². The molecule has 1 fully saturated rings. The molecule has 1 aromatic carbocycles. The summed E-state index contributed by atoms with van der Waals surface area (Å²) in [6.07, 6.45) is 1.38. The normalized spacial score (nSPS) is 16.8. The fraction of sp³-hybridized carbons (Fsp3) is 0.333. The van der Waals surface area contributed by atoms with Crippen molar-refractivity contribution in [1.29, 1.82) is 0 Å². The minimum absolute atomic E-state index is 0.0950. The molecule has 1 aliphatic rings. The summed E-state index contributed by atoms with van der Waals surface area (Å²) in [6.45, 7) is 4.58. The average Bonchev–Trinajstić information content (AvgIpc) is 3.18. The Kier molecular flexibility index (Phi) is 4.68. The van der Waals surface area contributed by atoms with Crippen LogP contribution in [0.1, 0.15) is 23.4 Å². The molecular weight excluding hydrogens is 358 g/mol. The predicted octanol–water partition coefficient (Wildman–Crippen LogP) is 2.64. The molecule has 1 atom stereocenters. The highest BCUT2D eigenvalue weighted by atomic mass is 16.5. The van der Waals surface area contributed by atoms with Crippen LogP contribution in [0.3, 0.4) is 0 Å². The maximum atomic E-state index is 12.3. The number of fused-ring (bicyclic) bond motifs is 1. The number of aryl methyl sites for hydroxylation is 2. The van der Waals surface area contributed by atoms with Gasteiger partial charge in [0.15, 0.2) is 11.4 Å². The van der Waals surface area contributed by atoms with Crippen molar-refractivity contribution in [3.05, 3.63) is 53.5 Å². The van der Waals surface area contributed by atoms with Crippen molar-refractivity contribution < 1.29 is 19.4 Å². The summed E-state index contributed by atoms with van der Waals surface area (Å²) in [7, 11) is 1.63. The summed E-state index contributed by atoms with van der Waals surface area (Å²) < 4.78 is 13.2. The topological polar surface area (TPSA) is 76.3 Å². The molecule has 0 aliphatic carbocycles. The quantitative estimate of drug-likeness (QED) is 0.735. The van der Waals surface area contributed by atoms with Gasteiger partial charge in [0.2, 0.25) is 5.91 Å². The number of anilines is 1. The van der Waals surface area contributed by atoms with Gasteiger partial charge in [0.1, 0.15) is 12.4 Å².